The van der Waals surface area contributed by atoms with Gasteiger partial charge in [0.2, 0.25) is 0 Å². The van der Waals surface area contributed by atoms with Gasteiger partial charge in [0.15, 0.2) is 11.6 Å². The van der Waals surface area contributed by atoms with Crippen LogP contribution in [0, 0.1) is 28.6 Å². The van der Waals surface area contributed by atoms with Crippen LogP contribution in [0.15, 0.2) is 23.3 Å². The lowest BCUT2D eigenvalue weighted by Gasteiger charge is -2.59. The van der Waals surface area contributed by atoms with Gasteiger partial charge in [-0.1, -0.05) is 20.8 Å². The van der Waals surface area contributed by atoms with Crippen molar-refractivity contribution in [3.63, 3.8) is 0 Å². The van der Waals surface area contributed by atoms with Crippen LogP contribution in [0.5, 0.6) is 0 Å². The van der Waals surface area contributed by atoms with Crippen molar-refractivity contribution in [2.45, 2.75) is 46.0 Å². The van der Waals surface area contributed by atoms with Gasteiger partial charge in [-0.3, -0.25) is 14.4 Å². The summed E-state index contributed by atoms with van der Waals surface area (Å²) >= 11 is 0. The molecule has 6 nitrogen and oxygen atoms in total. The number of aliphatic hydroxyl groups excluding tert-OH is 2. The van der Waals surface area contributed by atoms with Crippen molar-refractivity contribution in [3.8, 4) is 0 Å². The molecule has 2 N–H and O–H groups in total. The fourth-order valence-corrected chi connectivity index (χ4v) is 6.04. The third kappa shape index (κ3) is 1.65. The molecule has 0 aromatic heterocycles. The van der Waals surface area contributed by atoms with Gasteiger partial charge in [-0.25, -0.2) is 0 Å². The fraction of sp³-hybridized carbons (Fsp3) is 0.632. The van der Waals surface area contributed by atoms with Crippen molar-refractivity contribution in [3.05, 3.63) is 23.3 Å². The molecule has 25 heavy (non-hydrogen) atoms. The van der Waals surface area contributed by atoms with Gasteiger partial charge >= 0.3 is 5.97 Å². The van der Waals surface area contributed by atoms with Gasteiger partial charge in [-0.2, -0.15) is 0 Å². The second-order valence-corrected chi connectivity index (χ2v) is 8.33. The van der Waals surface area contributed by atoms with Crippen LogP contribution in [0.2, 0.25) is 0 Å². The third-order valence-electron chi connectivity index (χ3n) is 7.17. The number of hydrogen-bond donors (Lipinski definition) is 2. The van der Waals surface area contributed by atoms with Crippen LogP contribution in [0.4, 0.5) is 0 Å². The molecule has 4 rings (SSSR count). The van der Waals surface area contributed by atoms with Crippen molar-refractivity contribution in [2.75, 3.05) is 0 Å². The van der Waals surface area contributed by atoms with Gasteiger partial charge in [-0.15, -0.1) is 0 Å². The number of hydrogen-bond acceptors (Lipinski definition) is 6. The summed E-state index contributed by atoms with van der Waals surface area (Å²) in [6, 6.07) is 0. The molecule has 0 radical (unpaired) electrons. The zero-order chi connectivity index (χ0) is 18.5. The zero-order valence-electron chi connectivity index (χ0n) is 14.6. The van der Waals surface area contributed by atoms with Crippen LogP contribution < -0.4 is 0 Å². The lowest BCUT2D eigenvalue weighted by atomic mass is 9.43. The topological polar surface area (TPSA) is 101 Å². The largest absolute Gasteiger partial charge is 0.459 e. The summed E-state index contributed by atoms with van der Waals surface area (Å²) in [6.07, 6.45) is -0.453. The second kappa shape index (κ2) is 4.68. The maximum atomic E-state index is 13.1. The first-order chi connectivity index (χ1) is 11.6. The SMILES string of the molecule is CC1=CC(=O)[C@H](O)[C@]2(C)C1=CC(=O)[C@@]1(C)[C@H]2[C@H](O)[C@H]2OC(=O)[C@@H]1[C@@H]2C. The number of aliphatic hydroxyl groups is 2. The van der Waals surface area contributed by atoms with Crippen LogP contribution in [-0.4, -0.2) is 46.1 Å². The van der Waals surface area contributed by atoms with Gasteiger partial charge in [0.1, 0.15) is 12.2 Å². The third-order valence-corrected chi connectivity index (χ3v) is 7.17. The van der Waals surface area contributed by atoms with Gasteiger partial charge in [0.05, 0.1) is 17.4 Å². The Hall–Kier alpha value is -1.79. The van der Waals surface area contributed by atoms with Crippen LogP contribution in [0.3, 0.4) is 0 Å². The van der Waals surface area contributed by atoms with Gasteiger partial charge in [0.25, 0.3) is 0 Å². The molecule has 1 heterocycles. The molecular formula is C19H22O6. The quantitative estimate of drug-likeness (QED) is 0.622. The first-order valence-electron chi connectivity index (χ1n) is 8.62. The second-order valence-electron chi connectivity index (χ2n) is 8.33. The van der Waals surface area contributed by atoms with Crippen molar-refractivity contribution in [1.29, 1.82) is 0 Å². The molecule has 2 fully saturated rings. The highest BCUT2D eigenvalue weighted by Crippen LogP contribution is 2.65. The lowest BCUT2D eigenvalue weighted by Crippen LogP contribution is -2.67. The lowest BCUT2D eigenvalue weighted by molar-refractivity contribution is -0.178. The Morgan fingerprint density at radius 2 is 1.72 bits per heavy atom. The van der Waals surface area contributed by atoms with Crippen LogP contribution in [0.25, 0.3) is 0 Å². The molecule has 0 spiro atoms. The smallest absolute Gasteiger partial charge is 0.310 e. The maximum Gasteiger partial charge on any atom is 0.310 e. The average Bonchev–Trinajstić information content (AvgIpc) is 2.78. The van der Waals surface area contributed by atoms with E-state index in [4.69, 9.17) is 4.74 Å². The number of ether oxygens (including phenoxy) is 1. The summed E-state index contributed by atoms with van der Waals surface area (Å²) in [4.78, 5) is 37.9. The molecule has 0 unspecified atom stereocenters. The van der Waals surface area contributed by atoms with E-state index in [0.717, 1.165) is 0 Å². The summed E-state index contributed by atoms with van der Waals surface area (Å²) in [5, 5.41) is 21.8. The Kier molecular flexibility index (Phi) is 3.12. The number of esters is 1. The molecule has 1 aliphatic heterocycles. The molecule has 6 heteroatoms. The zero-order valence-corrected chi connectivity index (χ0v) is 14.6. The van der Waals surface area contributed by atoms with Crippen molar-refractivity contribution >= 4 is 17.5 Å². The van der Waals surface area contributed by atoms with Crippen molar-refractivity contribution < 1.29 is 29.3 Å². The predicted octanol–water partition coefficient (Wildman–Crippen LogP) is 0.566. The monoisotopic (exact) mass is 346 g/mol. The molecule has 2 bridgehead atoms. The number of allylic oxidation sites excluding steroid dienone is 2. The maximum absolute atomic E-state index is 13.1. The van der Waals surface area contributed by atoms with E-state index in [-0.39, 0.29) is 11.7 Å². The minimum atomic E-state index is -1.38. The van der Waals surface area contributed by atoms with Crippen LogP contribution >= 0.6 is 0 Å². The van der Waals surface area contributed by atoms with Crippen LogP contribution in [0.1, 0.15) is 27.7 Å². The highest BCUT2D eigenvalue weighted by atomic mass is 16.6. The number of fused-ring (bicyclic) bond motifs is 6. The molecule has 1 saturated carbocycles. The predicted molar refractivity (Wildman–Crippen MR) is 86.1 cm³/mol. The summed E-state index contributed by atoms with van der Waals surface area (Å²) < 4.78 is 5.38. The minimum absolute atomic E-state index is 0.257. The van der Waals surface area contributed by atoms with E-state index in [1.807, 2.05) is 0 Å². The first kappa shape index (κ1) is 16.7. The molecule has 0 aromatic carbocycles. The van der Waals surface area contributed by atoms with E-state index in [9.17, 15) is 24.6 Å². The molecule has 0 amide bonds. The minimum Gasteiger partial charge on any atom is -0.459 e. The van der Waals surface area contributed by atoms with Crippen molar-refractivity contribution in [1.82, 2.24) is 0 Å². The molecule has 1 saturated heterocycles. The van der Waals surface area contributed by atoms with Crippen LogP contribution in [-0.2, 0) is 19.1 Å². The molecule has 8 atom stereocenters. The highest BCUT2D eigenvalue weighted by Gasteiger charge is 2.73. The van der Waals surface area contributed by atoms with E-state index < -0.39 is 52.7 Å². The Morgan fingerprint density at radius 3 is 2.36 bits per heavy atom. The molecule has 134 valence electrons. The fourth-order valence-electron chi connectivity index (χ4n) is 6.04. The summed E-state index contributed by atoms with van der Waals surface area (Å²) in [6.45, 7) is 6.89. The summed E-state index contributed by atoms with van der Waals surface area (Å²) in [7, 11) is 0. The van der Waals surface area contributed by atoms with Gasteiger partial charge in [0, 0.05) is 17.3 Å². The number of carbonyl (C=O) groups is 3. The van der Waals surface area contributed by atoms with Gasteiger partial charge in [-0.05, 0) is 30.2 Å². The van der Waals surface area contributed by atoms with E-state index in [0.29, 0.717) is 11.1 Å². The molecule has 4 aliphatic rings. The highest BCUT2D eigenvalue weighted by molar-refractivity contribution is 6.04. The normalized spacial score (nSPS) is 51.4. The van der Waals surface area contributed by atoms with E-state index in [2.05, 4.69) is 0 Å². The number of rotatable bonds is 0. The van der Waals surface area contributed by atoms with Gasteiger partial charge < -0.3 is 14.9 Å². The van der Waals surface area contributed by atoms with E-state index >= 15 is 0 Å². The molecule has 0 aromatic rings. The van der Waals surface area contributed by atoms with Crippen molar-refractivity contribution in [2.24, 2.45) is 28.6 Å². The summed E-state index contributed by atoms with van der Waals surface area (Å²) in [5.41, 5.74) is -1.20. The average molecular weight is 346 g/mol. The Morgan fingerprint density at radius 1 is 1.08 bits per heavy atom. The van der Waals surface area contributed by atoms with E-state index in [1.54, 1.807) is 27.7 Å². The Labute approximate surface area is 145 Å². The molecular weight excluding hydrogens is 324 g/mol. The van der Waals surface area contributed by atoms with E-state index in [1.165, 1.54) is 12.2 Å². The standard InChI is InChI=1S/C19H22O6/c1-7-5-10(20)16(23)18(3)9(7)6-11(21)19(4)12-8(2)14(25-17(12)24)13(22)15(18)19/h5-6,8,12-16,22-23H,1-4H3/t8-,12-,13+,14-,15-,16-,18+,19+/m0/s1. The Bertz CT molecular complexity index is 779. The summed E-state index contributed by atoms with van der Waals surface area (Å²) in [5.74, 6) is -2.97. The first-order valence-corrected chi connectivity index (χ1v) is 8.62. The Balaban J connectivity index is 2.02. The number of carbonyl (C=O) groups excluding carboxylic acids is 3. The molecule has 3 aliphatic carbocycles. The number of ketones is 2.